The van der Waals surface area contributed by atoms with Crippen molar-refractivity contribution in [2.75, 3.05) is 13.7 Å². The molecule has 6 rings (SSSR count). The highest BCUT2D eigenvalue weighted by Gasteiger charge is 2.68. The van der Waals surface area contributed by atoms with Crippen LogP contribution >= 0.6 is 0 Å². The molecule has 2 bridgehead atoms. The Balaban J connectivity index is 1.32. The first-order valence-corrected chi connectivity index (χ1v) is 14.4. The maximum Gasteiger partial charge on any atom is 0.259 e. The average Bonchev–Trinajstić information content (AvgIpc) is 3.35. The molecule has 12 atom stereocenters. The summed E-state index contributed by atoms with van der Waals surface area (Å²) in [5, 5.41) is 16.4. The normalized spacial score (nSPS) is 48.7. The van der Waals surface area contributed by atoms with E-state index < -0.39 is 11.9 Å². The molecule has 0 spiro atoms. The zero-order valence-corrected chi connectivity index (χ0v) is 22.5. The molecule has 6 aliphatic rings. The number of fused-ring (bicyclic) bond motifs is 10. The number of aliphatic hydroxyl groups excluding tert-OH is 1. The van der Waals surface area contributed by atoms with Crippen molar-refractivity contribution in [1.29, 1.82) is 0 Å². The number of methoxy groups -OCH3 is 1. The summed E-state index contributed by atoms with van der Waals surface area (Å²) in [5.41, 5.74) is -0.152. The minimum Gasteiger partial charge on any atom is -0.507 e. The quantitative estimate of drug-likeness (QED) is 0.378. The topological polar surface area (TPSA) is 117 Å². The van der Waals surface area contributed by atoms with Crippen LogP contribution < -0.4 is 10.6 Å². The van der Waals surface area contributed by atoms with E-state index in [9.17, 15) is 19.5 Å². The third kappa shape index (κ3) is 4.24. The van der Waals surface area contributed by atoms with Crippen LogP contribution in [0.1, 0.15) is 46.0 Å². The highest BCUT2D eigenvalue weighted by atomic mass is 16.6. The van der Waals surface area contributed by atoms with E-state index >= 15 is 0 Å². The number of Topliss-reactive ketones (excluding diaryl/α,β-unsaturated/α-hetero) is 1. The monoisotopic (exact) mass is 524 g/mol. The highest BCUT2D eigenvalue weighted by molar-refractivity contribution is 6.27. The van der Waals surface area contributed by atoms with E-state index in [2.05, 4.69) is 24.5 Å². The summed E-state index contributed by atoms with van der Waals surface area (Å²) in [6.07, 6.45) is 11.7. The van der Waals surface area contributed by atoms with Gasteiger partial charge in [-0.1, -0.05) is 19.1 Å². The van der Waals surface area contributed by atoms with Crippen LogP contribution in [-0.2, 0) is 23.9 Å². The Labute approximate surface area is 224 Å². The minimum atomic E-state index is -0.664. The molecule has 3 aliphatic carbocycles. The summed E-state index contributed by atoms with van der Waals surface area (Å²) in [6, 6.07) is -0.664. The Morgan fingerprint density at radius 3 is 2.63 bits per heavy atom. The molecule has 0 radical (unpaired) electrons. The van der Waals surface area contributed by atoms with Gasteiger partial charge in [0.05, 0.1) is 24.4 Å². The van der Waals surface area contributed by atoms with E-state index in [0.717, 1.165) is 12.8 Å². The molecule has 12 unspecified atom stereocenters. The van der Waals surface area contributed by atoms with Crippen LogP contribution in [0, 0.1) is 47.3 Å². The Morgan fingerprint density at radius 2 is 1.84 bits per heavy atom. The molecule has 0 aromatic carbocycles. The van der Waals surface area contributed by atoms with E-state index in [-0.39, 0.29) is 53.2 Å². The van der Waals surface area contributed by atoms with E-state index in [0.29, 0.717) is 54.9 Å². The zero-order valence-electron chi connectivity index (χ0n) is 22.5. The van der Waals surface area contributed by atoms with Gasteiger partial charge in [0.2, 0.25) is 5.91 Å². The van der Waals surface area contributed by atoms with Gasteiger partial charge in [0, 0.05) is 13.7 Å². The Kier molecular flexibility index (Phi) is 6.75. The van der Waals surface area contributed by atoms with Gasteiger partial charge in [0.1, 0.15) is 11.3 Å². The minimum absolute atomic E-state index is 0.135. The van der Waals surface area contributed by atoms with Crippen LogP contribution in [0.4, 0.5) is 0 Å². The summed E-state index contributed by atoms with van der Waals surface area (Å²) < 4.78 is 12.2. The molecule has 8 heteroatoms. The van der Waals surface area contributed by atoms with Crippen LogP contribution in [-0.4, -0.2) is 60.7 Å². The van der Waals surface area contributed by atoms with Crippen molar-refractivity contribution in [2.45, 2.75) is 70.3 Å². The average molecular weight is 525 g/mol. The fourth-order valence-corrected chi connectivity index (χ4v) is 9.00. The number of allylic oxidation sites excluding steroid dienone is 3. The zero-order chi connectivity index (χ0) is 26.7. The third-order valence-corrected chi connectivity index (χ3v) is 10.6. The maximum absolute atomic E-state index is 12.9. The first-order valence-electron chi connectivity index (χ1n) is 14.4. The van der Waals surface area contributed by atoms with Crippen LogP contribution in [0.5, 0.6) is 0 Å². The molecule has 3 aliphatic heterocycles. The lowest BCUT2D eigenvalue weighted by Crippen LogP contribution is -2.41. The molecule has 38 heavy (non-hydrogen) atoms. The predicted molar refractivity (Wildman–Crippen MR) is 140 cm³/mol. The second kappa shape index (κ2) is 9.94. The van der Waals surface area contributed by atoms with Crippen molar-refractivity contribution in [2.24, 2.45) is 47.3 Å². The Morgan fingerprint density at radius 1 is 1.08 bits per heavy atom. The Bertz CT molecular complexity index is 1100. The lowest BCUT2D eigenvalue weighted by molar-refractivity contribution is -0.118. The molecule has 3 heterocycles. The van der Waals surface area contributed by atoms with Crippen molar-refractivity contribution >= 4 is 17.6 Å². The number of rotatable bonds is 2. The van der Waals surface area contributed by atoms with Gasteiger partial charge in [-0.3, -0.25) is 14.4 Å². The fraction of sp³-hybridized carbons (Fsp3) is 0.700. The number of hydrogen-bond donors (Lipinski definition) is 3. The molecule has 2 amide bonds. The molecule has 0 aromatic heterocycles. The number of nitrogens with one attached hydrogen (secondary N) is 2. The lowest BCUT2D eigenvalue weighted by Gasteiger charge is -2.38. The van der Waals surface area contributed by atoms with Gasteiger partial charge in [-0.2, -0.15) is 0 Å². The van der Waals surface area contributed by atoms with E-state index in [1.54, 1.807) is 19.3 Å². The summed E-state index contributed by atoms with van der Waals surface area (Å²) in [7, 11) is 1.80. The fourth-order valence-electron chi connectivity index (χ4n) is 9.00. The van der Waals surface area contributed by atoms with Crippen LogP contribution in [0.15, 0.2) is 35.6 Å². The first kappa shape index (κ1) is 25.8. The molecule has 0 aromatic rings. The van der Waals surface area contributed by atoms with Crippen LogP contribution in [0.3, 0.4) is 0 Å². The van der Waals surface area contributed by atoms with Crippen molar-refractivity contribution in [3.8, 4) is 0 Å². The van der Waals surface area contributed by atoms with E-state index in [1.165, 1.54) is 6.42 Å². The first-order chi connectivity index (χ1) is 18.3. The number of epoxide rings is 1. The standard InChI is InChI=1S/C30H40N2O6/c1-14-12-18-19-13-16-9-10-21(33)26-27(35)20(32-30(26)36)7-5-11-31-22(34)8-4-6-17(16)24(19)28-29(38-28)25(18)23(14)15(2)37-3/h4,8-10,14-20,23-25,28-29,33H,5-7,11-13H2,1-3H3,(H,31,34)(H,32,36)/b8-4-,10-9+,26-21-. The van der Waals surface area contributed by atoms with Gasteiger partial charge in [0.15, 0.2) is 5.78 Å². The lowest BCUT2D eigenvalue weighted by atomic mass is 9.65. The maximum atomic E-state index is 12.9. The summed E-state index contributed by atoms with van der Waals surface area (Å²) >= 11 is 0. The van der Waals surface area contributed by atoms with E-state index in [1.807, 2.05) is 12.2 Å². The number of ketones is 1. The molecule has 3 saturated carbocycles. The predicted octanol–water partition coefficient (Wildman–Crippen LogP) is 2.85. The Hall–Kier alpha value is -2.45. The molecule has 3 N–H and O–H groups in total. The van der Waals surface area contributed by atoms with E-state index in [4.69, 9.17) is 9.47 Å². The van der Waals surface area contributed by atoms with Crippen molar-refractivity contribution in [1.82, 2.24) is 10.6 Å². The van der Waals surface area contributed by atoms with Crippen molar-refractivity contribution in [3.05, 3.63) is 35.6 Å². The number of aliphatic hydroxyl groups is 1. The van der Waals surface area contributed by atoms with Gasteiger partial charge >= 0.3 is 0 Å². The molecule has 5 fully saturated rings. The molecule has 2 saturated heterocycles. The second-order valence-electron chi connectivity index (χ2n) is 12.4. The smallest absolute Gasteiger partial charge is 0.259 e. The van der Waals surface area contributed by atoms with Gasteiger partial charge < -0.3 is 25.2 Å². The highest BCUT2D eigenvalue weighted by Crippen LogP contribution is 2.66. The van der Waals surface area contributed by atoms with Gasteiger partial charge in [-0.15, -0.1) is 0 Å². The number of carbonyl (C=O) groups excluding carboxylic acids is 3. The number of hydrogen-bond acceptors (Lipinski definition) is 6. The summed E-state index contributed by atoms with van der Waals surface area (Å²) in [4.78, 5) is 37.8. The van der Waals surface area contributed by atoms with Crippen molar-refractivity contribution in [3.63, 3.8) is 0 Å². The molecular formula is C30H40N2O6. The number of carbonyl (C=O) groups is 3. The number of amides is 2. The molecular weight excluding hydrogens is 484 g/mol. The van der Waals surface area contributed by atoms with Crippen LogP contribution in [0.2, 0.25) is 0 Å². The third-order valence-electron chi connectivity index (χ3n) is 10.6. The van der Waals surface area contributed by atoms with Gasteiger partial charge in [0.25, 0.3) is 5.91 Å². The van der Waals surface area contributed by atoms with Crippen molar-refractivity contribution < 1.29 is 29.0 Å². The molecule has 206 valence electrons. The SMILES string of the molecule is COC(C)C1C(C)CC2C3CC4/C=C/C(O)=C5/C(=O)NC(CCCNC(=O)/C=C\CC4C3C3OC3C21)C5=O. The van der Waals surface area contributed by atoms with Gasteiger partial charge in [-0.25, -0.2) is 0 Å². The summed E-state index contributed by atoms with van der Waals surface area (Å²) in [5.74, 6) is 2.16. The van der Waals surface area contributed by atoms with Gasteiger partial charge in [-0.05, 0) is 98.5 Å². The summed E-state index contributed by atoms with van der Waals surface area (Å²) in [6.45, 7) is 4.96. The molecule has 8 nitrogen and oxygen atoms in total. The largest absolute Gasteiger partial charge is 0.507 e. The number of ether oxygens (including phenoxy) is 2. The second-order valence-corrected chi connectivity index (χ2v) is 12.4. The van der Waals surface area contributed by atoms with Crippen LogP contribution in [0.25, 0.3) is 0 Å².